The maximum atomic E-state index is 12.3. The second kappa shape index (κ2) is 12.7. The Morgan fingerprint density at radius 1 is 0.960 bits per heavy atom. The minimum atomic E-state index is -0.685. The lowest BCUT2D eigenvalue weighted by molar-refractivity contribution is -0.132. The Balaban J connectivity index is 4.32. The third-order valence-electron chi connectivity index (χ3n) is 3.73. The van der Waals surface area contributed by atoms with Crippen molar-refractivity contribution in [2.75, 3.05) is 12.4 Å². The highest BCUT2D eigenvalue weighted by molar-refractivity contribution is 6.27. The first kappa shape index (κ1) is 23.4. The van der Waals surface area contributed by atoms with Gasteiger partial charge in [0.15, 0.2) is 5.78 Å². The Kier molecular flexibility index (Phi) is 11.9. The Hall–Kier alpha value is -1.63. The van der Waals surface area contributed by atoms with Crippen molar-refractivity contribution in [3.63, 3.8) is 0 Å². The molecule has 7 nitrogen and oxygen atoms in total. The van der Waals surface area contributed by atoms with E-state index in [1.807, 2.05) is 13.8 Å². The van der Waals surface area contributed by atoms with Crippen molar-refractivity contribution >= 4 is 35.1 Å². The van der Waals surface area contributed by atoms with E-state index >= 15 is 0 Å². The smallest absolute Gasteiger partial charge is 0.243 e. The first-order valence-corrected chi connectivity index (χ1v) is 9.21. The number of carbonyl (C=O) groups excluding carboxylic acids is 4. The van der Waals surface area contributed by atoms with Gasteiger partial charge in [0.2, 0.25) is 17.7 Å². The van der Waals surface area contributed by atoms with Gasteiger partial charge in [-0.05, 0) is 25.7 Å². The minimum Gasteiger partial charge on any atom is -0.355 e. The van der Waals surface area contributed by atoms with Crippen LogP contribution in [-0.2, 0) is 19.2 Å². The summed E-state index contributed by atoms with van der Waals surface area (Å²) in [7, 11) is 0. The van der Waals surface area contributed by atoms with Gasteiger partial charge in [-0.25, -0.2) is 0 Å². The lowest BCUT2D eigenvalue weighted by Crippen LogP contribution is -2.52. The average molecular weight is 376 g/mol. The zero-order valence-electron chi connectivity index (χ0n) is 15.5. The topological polar surface area (TPSA) is 104 Å². The number of hydrogen-bond donors (Lipinski definition) is 3. The Morgan fingerprint density at radius 3 is 2.12 bits per heavy atom. The summed E-state index contributed by atoms with van der Waals surface area (Å²) in [5, 5.41) is 7.99. The van der Waals surface area contributed by atoms with Crippen LogP contribution in [0, 0.1) is 5.92 Å². The number of carbonyl (C=O) groups is 4. The van der Waals surface area contributed by atoms with Crippen LogP contribution in [0.2, 0.25) is 0 Å². The molecule has 0 aromatic heterocycles. The number of hydrogen-bond acceptors (Lipinski definition) is 4. The third kappa shape index (κ3) is 10.1. The Bertz CT molecular complexity index is 469. The van der Waals surface area contributed by atoms with Gasteiger partial charge >= 0.3 is 0 Å². The molecule has 0 aliphatic heterocycles. The largest absolute Gasteiger partial charge is 0.355 e. The van der Waals surface area contributed by atoms with Crippen molar-refractivity contribution in [2.24, 2.45) is 5.92 Å². The van der Waals surface area contributed by atoms with Crippen LogP contribution in [0.1, 0.15) is 53.4 Å². The van der Waals surface area contributed by atoms with Gasteiger partial charge in [0.1, 0.15) is 11.9 Å². The summed E-state index contributed by atoms with van der Waals surface area (Å²) in [4.78, 5) is 46.9. The highest BCUT2D eigenvalue weighted by Gasteiger charge is 2.26. The quantitative estimate of drug-likeness (QED) is 0.351. The zero-order chi connectivity index (χ0) is 19.4. The van der Waals surface area contributed by atoms with Gasteiger partial charge < -0.3 is 16.0 Å². The zero-order valence-corrected chi connectivity index (χ0v) is 16.2. The summed E-state index contributed by atoms with van der Waals surface area (Å²) in [6.07, 6.45) is 1.85. The van der Waals surface area contributed by atoms with Crippen LogP contribution in [-0.4, -0.2) is 48.0 Å². The van der Waals surface area contributed by atoms with Gasteiger partial charge in [-0.2, -0.15) is 0 Å². The molecule has 0 saturated heterocycles. The number of unbranched alkanes of at least 4 members (excludes halogenated alkanes) is 1. The second-order valence-corrected chi connectivity index (χ2v) is 6.55. The van der Waals surface area contributed by atoms with Crippen LogP contribution in [0.15, 0.2) is 0 Å². The molecule has 25 heavy (non-hydrogen) atoms. The fourth-order valence-corrected chi connectivity index (χ4v) is 2.25. The molecule has 0 heterocycles. The van der Waals surface area contributed by atoms with E-state index < -0.39 is 12.1 Å². The molecule has 0 aromatic carbocycles. The summed E-state index contributed by atoms with van der Waals surface area (Å²) in [5.41, 5.74) is 0. The molecule has 0 saturated carbocycles. The van der Waals surface area contributed by atoms with Gasteiger partial charge in [0.25, 0.3) is 0 Å². The summed E-state index contributed by atoms with van der Waals surface area (Å²) in [6.45, 7) is 7.50. The monoisotopic (exact) mass is 375 g/mol. The molecule has 3 N–H and O–H groups in total. The highest BCUT2D eigenvalue weighted by atomic mass is 35.5. The molecule has 0 aliphatic rings. The molecule has 0 aliphatic carbocycles. The van der Waals surface area contributed by atoms with Gasteiger partial charge in [-0.1, -0.05) is 20.8 Å². The third-order valence-corrected chi connectivity index (χ3v) is 3.97. The molecule has 1 unspecified atom stereocenters. The number of nitrogens with one attached hydrogen (secondary N) is 3. The number of ketones is 1. The summed E-state index contributed by atoms with van der Waals surface area (Å²) >= 11 is 5.36. The molecule has 0 bridgehead atoms. The lowest BCUT2D eigenvalue weighted by atomic mass is 10.0. The maximum absolute atomic E-state index is 12.3. The summed E-state index contributed by atoms with van der Waals surface area (Å²) in [5.74, 6) is -1.06. The lowest BCUT2D eigenvalue weighted by Gasteiger charge is -2.23. The fraction of sp³-hybridized carbons (Fsp3) is 0.765. The van der Waals surface area contributed by atoms with Crippen molar-refractivity contribution in [2.45, 2.75) is 65.5 Å². The number of alkyl halides is 1. The highest BCUT2D eigenvalue weighted by Crippen LogP contribution is 2.05. The molecule has 0 radical (unpaired) electrons. The summed E-state index contributed by atoms with van der Waals surface area (Å²) < 4.78 is 0. The van der Waals surface area contributed by atoms with Crippen molar-refractivity contribution in [3.05, 3.63) is 0 Å². The van der Waals surface area contributed by atoms with E-state index in [4.69, 9.17) is 11.6 Å². The van der Waals surface area contributed by atoms with Gasteiger partial charge in [-0.15, -0.1) is 11.6 Å². The second-order valence-electron chi connectivity index (χ2n) is 6.28. The minimum absolute atomic E-state index is 0.0545. The Morgan fingerprint density at radius 2 is 1.60 bits per heavy atom. The van der Waals surface area contributed by atoms with E-state index in [0.717, 1.165) is 0 Å². The van der Waals surface area contributed by atoms with Crippen LogP contribution < -0.4 is 16.0 Å². The van der Waals surface area contributed by atoms with Gasteiger partial charge in [0, 0.05) is 19.4 Å². The van der Waals surface area contributed by atoms with Crippen LogP contribution in [0.4, 0.5) is 0 Å². The van der Waals surface area contributed by atoms with Crippen molar-refractivity contribution in [3.8, 4) is 0 Å². The van der Waals surface area contributed by atoms with E-state index in [-0.39, 0.29) is 41.7 Å². The Labute approximate surface area is 154 Å². The van der Waals surface area contributed by atoms with E-state index in [1.165, 1.54) is 0 Å². The molecule has 8 heteroatoms. The molecule has 2 atom stereocenters. The molecule has 0 rings (SSSR count). The van der Waals surface area contributed by atoms with Crippen molar-refractivity contribution in [1.29, 1.82) is 0 Å². The SMILES string of the molecule is CCC(=O)[C@H](C)NC(=O)C(NC(=O)CCCCNC(=O)CCl)C(C)C. The van der Waals surface area contributed by atoms with Crippen molar-refractivity contribution < 1.29 is 19.2 Å². The molecule has 0 spiro atoms. The molecule has 0 fully saturated rings. The molecule has 144 valence electrons. The van der Waals surface area contributed by atoms with Crippen molar-refractivity contribution in [1.82, 2.24) is 16.0 Å². The van der Waals surface area contributed by atoms with Gasteiger partial charge in [0.05, 0.1) is 6.04 Å². The van der Waals surface area contributed by atoms with Gasteiger partial charge in [-0.3, -0.25) is 19.2 Å². The van der Waals surface area contributed by atoms with Crippen LogP contribution in [0.3, 0.4) is 0 Å². The molecular weight excluding hydrogens is 346 g/mol. The van der Waals surface area contributed by atoms with E-state index in [1.54, 1.807) is 13.8 Å². The average Bonchev–Trinajstić information content (AvgIpc) is 2.57. The predicted molar refractivity (Wildman–Crippen MR) is 97.3 cm³/mol. The number of rotatable bonds is 12. The first-order chi connectivity index (χ1) is 11.7. The fourth-order valence-electron chi connectivity index (χ4n) is 2.16. The van der Waals surface area contributed by atoms with E-state index in [2.05, 4.69) is 16.0 Å². The van der Waals surface area contributed by atoms with Crippen LogP contribution in [0.25, 0.3) is 0 Å². The van der Waals surface area contributed by atoms with Crippen LogP contribution in [0.5, 0.6) is 0 Å². The number of amides is 3. The molecule has 3 amide bonds. The first-order valence-electron chi connectivity index (χ1n) is 8.68. The summed E-state index contributed by atoms with van der Waals surface area (Å²) in [6, 6.07) is -1.25. The number of halogens is 1. The maximum Gasteiger partial charge on any atom is 0.243 e. The van der Waals surface area contributed by atoms with E-state index in [0.29, 0.717) is 25.8 Å². The number of Topliss-reactive ketones (excluding diaryl/α,β-unsaturated/α-hetero) is 1. The van der Waals surface area contributed by atoms with Crippen LogP contribution >= 0.6 is 11.6 Å². The molecule has 0 aromatic rings. The standard InChI is InChI=1S/C17H30ClN3O4/c1-5-13(22)12(4)20-17(25)16(11(2)3)21-14(23)8-6-7-9-19-15(24)10-18/h11-12,16H,5-10H2,1-4H3,(H,19,24)(H,20,25)(H,21,23)/t12-,16?/m0/s1. The van der Waals surface area contributed by atoms with E-state index in [9.17, 15) is 19.2 Å². The normalized spacial score (nSPS) is 13.0. The molecular formula is C17H30ClN3O4. The predicted octanol–water partition coefficient (Wildman–Crippen LogP) is 1.14.